The highest BCUT2D eigenvalue weighted by atomic mass is 16.5. The van der Waals surface area contributed by atoms with Crippen molar-refractivity contribution < 1.29 is 9.53 Å². The standard InChI is InChI=1S/C17H32N2O2/c1-5-21-16(20)17(18-4)10-8-15(12-17)19(14-6-7-14)11-9-13(2)3/h13-15,18H,5-12H2,1-4H3. The molecule has 2 aliphatic rings. The maximum atomic E-state index is 12.3. The first-order valence-electron chi connectivity index (χ1n) is 8.64. The molecule has 2 aliphatic carbocycles. The maximum absolute atomic E-state index is 12.3. The Labute approximate surface area is 129 Å². The molecular formula is C17H32N2O2. The van der Waals surface area contributed by atoms with Gasteiger partial charge in [-0.25, -0.2) is 0 Å². The number of rotatable bonds is 8. The summed E-state index contributed by atoms with van der Waals surface area (Å²) in [5, 5.41) is 3.27. The molecule has 0 aliphatic heterocycles. The van der Waals surface area contributed by atoms with Gasteiger partial charge in [0.05, 0.1) is 6.61 Å². The molecule has 0 aromatic heterocycles. The summed E-state index contributed by atoms with van der Waals surface area (Å²) in [4.78, 5) is 15.0. The molecule has 4 heteroatoms. The van der Waals surface area contributed by atoms with Crippen LogP contribution in [0.4, 0.5) is 0 Å². The van der Waals surface area contributed by atoms with E-state index in [4.69, 9.17) is 4.74 Å². The molecule has 2 rings (SSSR count). The third-order valence-corrected chi connectivity index (χ3v) is 5.08. The molecule has 0 bridgehead atoms. The molecule has 122 valence electrons. The highest BCUT2D eigenvalue weighted by molar-refractivity contribution is 5.81. The van der Waals surface area contributed by atoms with Gasteiger partial charge >= 0.3 is 5.97 Å². The van der Waals surface area contributed by atoms with E-state index in [-0.39, 0.29) is 5.97 Å². The van der Waals surface area contributed by atoms with E-state index in [9.17, 15) is 4.79 Å². The average Bonchev–Trinajstić information content (AvgIpc) is 3.18. The lowest BCUT2D eigenvalue weighted by Gasteiger charge is -2.32. The van der Waals surface area contributed by atoms with E-state index in [2.05, 4.69) is 24.1 Å². The van der Waals surface area contributed by atoms with Crippen molar-refractivity contribution in [1.82, 2.24) is 10.2 Å². The molecule has 2 atom stereocenters. The van der Waals surface area contributed by atoms with Crippen molar-refractivity contribution >= 4 is 5.97 Å². The summed E-state index contributed by atoms with van der Waals surface area (Å²) in [6, 6.07) is 1.30. The van der Waals surface area contributed by atoms with E-state index in [1.54, 1.807) is 0 Å². The highest BCUT2D eigenvalue weighted by Gasteiger charge is 2.48. The van der Waals surface area contributed by atoms with Gasteiger partial charge in [-0.3, -0.25) is 9.69 Å². The van der Waals surface area contributed by atoms with E-state index in [0.717, 1.165) is 31.2 Å². The summed E-state index contributed by atoms with van der Waals surface area (Å²) in [6.07, 6.45) is 6.82. The number of hydrogen-bond acceptors (Lipinski definition) is 4. The minimum Gasteiger partial charge on any atom is -0.465 e. The number of likely N-dealkylation sites (N-methyl/N-ethyl adjacent to an activating group) is 1. The lowest BCUT2D eigenvalue weighted by molar-refractivity contribution is -0.151. The Hall–Kier alpha value is -0.610. The molecule has 2 unspecified atom stereocenters. The molecule has 4 nitrogen and oxygen atoms in total. The lowest BCUT2D eigenvalue weighted by atomic mass is 9.97. The summed E-state index contributed by atoms with van der Waals surface area (Å²) < 4.78 is 5.30. The van der Waals surface area contributed by atoms with Crippen LogP contribution in [0, 0.1) is 5.92 Å². The molecule has 0 radical (unpaired) electrons. The summed E-state index contributed by atoms with van der Waals surface area (Å²) in [7, 11) is 1.90. The number of carbonyl (C=O) groups is 1. The third-order valence-electron chi connectivity index (χ3n) is 5.08. The van der Waals surface area contributed by atoms with Crippen LogP contribution in [0.2, 0.25) is 0 Å². The van der Waals surface area contributed by atoms with Crippen molar-refractivity contribution in [2.45, 2.75) is 76.9 Å². The van der Waals surface area contributed by atoms with Crippen LogP contribution in [-0.2, 0) is 9.53 Å². The van der Waals surface area contributed by atoms with E-state index >= 15 is 0 Å². The van der Waals surface area contributed by atoms with Crippen molar-refractivity contribution in [1.29, 1.82) is 0 Å². The number of carbonyl (C=O) groups excluding carboxylic acids is 1. The smallest absolute Gasteiger partial charge is 0.326 e. The Kier molecular flexibility index (Phi) is 5.67. The quantitative estimate of drug-likeness (QED) is 0.699. The maximum Gasteiger partial charge on any atom is 0.326 e. The second-order valence-corrected chi connectivity index (χ2v) is 7.10. The Balaban J connectivity index is 1.99. The van der Waals surface area contributed by atoms with E-state index in [0.29, 0.717) is 12.6 Å². The molecule has 21 heavy (non-hydrogen) atoms. The molecule has 0 spiro atoms. The van der Waals surface area contributed by atoms with Gasteiger partial charge in [0.1, 0.15) is 5.54 Å². The Bertz CT molecular complexity index is 355. The molecule has 0 amide bonds. The zero-order valence-electron chi connectivity index (χ0n) is 14.2. The predicted molar refractivity (Wildman–Crippen MR) is 85.2 cm³/mol. The van der Waals surface area contributed by atoms with Crippen molar-refractivity contribution in [3.8, 4) is 0 Å². The van der Waals surface area contributed by atoms with Crippen LogP contribution in [0.5, 0.6) is 0 Å². The summed E-state index contributed by atoms with van der Waals surface area (Å²) >= 11 is 0. The highest BCUT2D eigenvalue weighted by Crippen LogP contribution is 2.39. The number of ether oxygens (including phenoxy) is 1. The Morgan fingerprint density at radius 2 is 2.05 bits per heavy atom. The fourth-order valence-electron chi connectivity index (χ4n) is 3.56. The summed E-state index contributed by atoms with van der Waals surface area (Å²) in [6.45, 7) is 8.10. The molecule has 0 heterocycles. The van der Waals surface area contributed by atoms with E-state index < -0.39 is 5.54 Å². The van der Waals surface area contributed by atoms with Gasteiger partial charge in [0.2, 0.25) is 0 Å². The second-order valence-electron chi connectivity index (χ2n) is 7.10. The molecule has 0 aromatic carbocycles. The van der Waals surface area contributed by atoms with Gasteiger partial charge in [-0.1, -0.05) is 13.8 Å². The molecular weight excluding hydrogens is 264 g/mol. The van der Waals surface area contributed by atoms with Crippen molar-refractivity contribution in [2.75, 3.05) is 20.2 Å². The van der Waals surface area contributed by atoms with E-state index in [1.807, 2.05) is 14.0 Å². The first-order valence-corrected chi connectivity index (χ1v) is 8.64. The predicted octanol–water partition coefficient (Wildman–Crippen LogP) is 2.57. The minimum atomic E-state index is -0.453. The fraction of sp³-hybridized carbons (Fsp3) is 0.941. The average molecular weight is 296 g/mol. The molecule has 1 N–H and O–H groups in total. The molecule has 0 aromatic rings. The third kappa shape index (κ3) is 3.98. The van der Waals surface area contributed by atoms with Gasteiger partial charge in [0, 0.05) is 12.1 Å². The Morgan fingerprint density at radius 3 is 2.57 bits per heavy atom. The Morgan fingerprint density at radius 1 is 1.33 bits per heavy atom. The van der Waals surface area contributed by atoms with Crippen molar-refractivity contribution in [3.63, 3.8) is 0 Å². The van der Waals surface area contributed by atoms with Crippen molar-refractivity contribution in [3.05, 3.63) is 0 Å². The normalized spacial score (nSPS) is 29.3. The van der Waals surface area contributed by atoms with Crippen LogP contribution in [0.15, 0.2) is 0 Å². The van der Waals surface area contributed by atoms with E-state index in [1.165, 1.54) is 25.8 Å². The number of hydrogen-bond donors (Lipinski definition) is 1. The van der Waals surface area contributed by atoms with Crippen LogP contribution < -0.4 is 5.32 Å². The van der Waals surface area contributed by atoms with Crippen LogP contribution in [0.1, 0.15) is 59.3 Å². The van der Waals surface area contributed by atoms with Gasteiger partial charge in [-0.2, -0.15) is 0 Å². The number of nitrogens with one attached hydrogen (secondary N) is 1. The first kappa shape index (κ1) is 16.8. The van der Waals surface area contributed by atoms with Crippen molar-refractivity contribution in [2.24, 2.45) is 5.92 Å². The molecule has 2 saturated carbocycles. The zero-order chi connectivity index (χ0) is 15.5. The van der Waals surface area contributed by atoms with Gasteiger partial charge in [-0.05, 0) is 65.0 Å². The fourth-order valence-corrected chi connectivity index (χ4v) is 3.56. The monoisotopic (exact) mass is 296 g/mol. The number of esters is 1. The van der Waals surface area contributed by atoms with Gasteiger partial charge in [-0.15, -0.1) is 0 Å². The van der Waals surface area contributed by atoms with Crippen LogP contribution in [0.25, 0.3) is 0 Å². The minimum absolute atomic E-state index is 0.0605. The van der Waals surface area contributed by atoms with Crippen LogP contribution in [-0.4, -0.2) is 48.7 Å². The van der Waals surface area contributed by atoms with Crippen LogP contribution >= 0.6 is 0 Å². The largest absolute Gasteiger partial charge is 0.465 e. The van der Waals surface area contributed by atoms with Gasteiger partial charge in [0.15, 0.2) is 0 Å². The first-order chi connectivity index (χ1) is 10.0. The molecule has 2 fully saturated rings. The van der Waals surface area contributed by atoms with Gasteiger partial charge in [0.25, 0.3) is 0 Å². The summed E-state index contributed by atoms with van der Waals surface area (Å²) in [5.41, 5.74) is -0.453. The lowest BCUT2D eigenvalue weighted by Crippen LogP contribution is -2.51. The van der Waals surface area contributed by atoms with Gasteiger partial charge < -0.3 is 10.1 Å². The van der Waals surface area contributed by atoms with Crippen LogP contribution in [0.3, 0.4) is 0 Å². The molecule has 0 saturated heterocycles. The SMILES string of the molecule is CCOC(=O)C1(NC)CCC(N(CCC(C)C)C2CC2)C1. The summed E-state index contributed by atoms with van der Waals surface area (Å²) in [5.74, 6) is 0.682. The second kappa shape index (κ2) is 7.10. The zero-order valence-corrected chi connectivity index (χ0v) is 14.2. The topological polar surface area (TPSA) is 41.6 Å². The number of nitrogens with zero attached hydrogens (tertiary/aromatic N) is 1.